The molecule has 3 heterocycles. The Morgan fingerprint density at radius 2 is 1.83 bits per heavy atom. The monoisotopic (exact) mass is 409 g/mol. The molecule has 3 aromatic heterocycles. The van der Waals surface area contributed by atoms with Gasteiger partial charge in [-0.3, -0.25) is 14.6 Å². The van der Waals surface area contributed by atoms with E-state index < -0.39 is 0 Å². The van der Waals surface area contributed by atoms with Crippen molar-refractivity contribution in [2.75, 3.05) is 0 Å². The number of aryl methyl sites for hydroxylation is 2. The highest BCUT2D eigenvalue weighted by atomic mass is 35.5. The van der Waals surface area contributed by atoms with E-state index in [0.717, 1.165) is 33.9 Å². The second-order valence-electron chi connectivity index (χ2n) is 7.68. The fourth-order valence-corrected chi connectivity index (χ4v) is 3.82. The number of rotatable bonds is 4. The van der Waals surface area contributed by atoms with Gasteiger partial charge in [0.2, 0.25) is 0 Å². The van der Waals surface area contributed by atoms with Crippen molar-refractivity contribution < 1.29 is 0 Å². The third-order valence-corrected chi connectivity index (χ3v) is 5.90. The van der Waals surface area contributed by atoms with Gasteiger partial charge in [0.05, 0.1) is 11.4 Å². The van der Waals surface area contributed by atoms with Crippen molar-refractivity contribution in [1.82, 2.24) is 24.4 Å². The van der Waals surface area contributed by atoms with Crippen molar-refractivity contribution in [1.29, 1.82) is 0 Å². The van der Waals surface area contributed by atoms with Crippen LogP contribution in [-0.2, 0) is 6.54 Å². The summed E-state index contributed by atoms with van der Waals surface area (Å²) in [5, 5.41) is 8.43. The molecule has 6 nitrogen and oxygen atoms in total. The summed E-state index contributed by atoms with van der Waals surface area (Å²) < 4.78 is 3.50. The third kappa shape index (κ3) is 3.38. The first-order valence-corrected chi connectivity index (χ1v) is 10.0. The van der Waals surface area contributed by atoms with Crippen molar-refractivity contribution in [3.8, 4) is 11.1 Å². The lowest BCUT2D eigenvalue weighted by atomic mass is 10.1. The Morgan fingerprint density at radius 3 is 2.45 bits per heavy atom. The van der Waals surface area contributed by atoms with Gasteiger partial charge in [-0.15, -0.1) is 0 Å². The standard InChI is InChI=1S/C22H24ClN5O/c1-12(11-27-16(5)13(2)14(3)25-27)19-10-20(29)28-22(24-19)21(15(4)26-28)17-6-8-18(23)9-7-17/h6-10,12,26H,11H2,1-5H3. The quantitative estimate of drug-likeness (QED) is 0.536. The maximum Gasteiger partial charge on any atom is 0.272 e. The van der Waals surface area contributed by atoms with E-state index in [2.05, 4.69) is 31.0 Å². The van der Waals surface area contributed by atoms with Gasteiger partial charge in [0.15, 0.2) is 5.65 Å². The summed E-state index contributed by atoms with van der Waals surface area (Å²) in [6, 6.07) is 9.18. The second-order valence-corrected chi connectivity index (χ2v) is 8.11. The third-order valence-electron chi connectivity index (χ3n) is 5.64. The minimum atomic E-state index is -0.121. The van der Waals surface area contributed by atoms with E-state index in [1.54, 1.807) is 6.07 Å². The van der Waals surface area contributed by atoms with Crippen LogP contribution in [0, 0.1) is 27.7 Å². The van der Waals surface area contributed by atoms with E-state index >= 15 is 0 Å². The Balaban J connectivity index is 1.80. The van der Waals surface area contributed by atoms with Gasteiger partial charge in [-0.25, -0.2) is 9.50 Å². The van der Waals surface area contributed by atoms with Gasteiger partial charge in [-0.1, -0.05) is 30.7 Å². The van der Waals surface area contributed by atoms with Gasteiger partial charge in [0.1, 0.15) is 0 Å². The van der Waals surface area contributed by atoms with Gasteiger partial charge in [-0.2, -0.15) is 5.10 Å². The van der Waals surface area contributed by atoms with Crippen LogP contribution in [0.3, 0.4) is 0 Å². The molecule has 150 valence electrons. The largest absolute Gasteiger partial charge is 0.293 e. The molecule has 4 rings (SSSR count). The lowest BCUT2D eigenvalue weighted by Crippen LogP contribution is -2.18. The molecule has 1 N–H and O–H groups in total. The van der Waals surface area contributed by atoms with Crippen LogP contribution in [-0.4, -0.2) is 24.4 Å². The highest BCUT2D eigenvalue weighted by Gasteiger charge is 2.18. The molecule has 0 saturated carbocycles. The van der Waals surface area contributed by atoms with Crippen LogP contribution in [0.1, 0.15) is 41.2 Å². The molecule has 0 amide bonds. The molecular formula is C22H24ClN5O. The average Bonchev–Trinajstić information content (AvgIpc) is 3.14. The Morgan fingerprint density at radius 1 is 1.14 bits per heavy atom. The molecule has 0 bridgehead atoms. The molecule has 0 saturated heterocycles. The van der Waals surface area contributed by atoms with Crippen LogP contribution >= 0.6 is 11.6 Å². The average molecular weight is 410 g/mol. The molecular weight excluding hydrogens is 386 g/mol. The van der Waals surface area contributed by atoms with E-state index in [1.807, 2.05) is 42.8 Å². The molecule has 1 unspecified atom stereocenters. The zero-order valence-corrected chi connectivity index (χ0v) is 18.0. The van der Waals surface area contributed by atoms with Crippen LogP contribution in [0.2, 0.25) is 5.02 Å². The van der Waals surface area contributed by atoms with Gasteiger partial charge >= 0.3 is 0 Å². The van der Waals surface area contributed by atoms with Gasteiger partial charge in [0, 0.05) is 40.5 Å². The fraction of sp³-hybridized carbons (Fsp3) is 0.318. The summed E-state index contributed by atoms with van der Waals surface area (Å²) in [7, 11) is 0. The minimum Gasteiger partial charge on any atom is -0.293 e. The first kappa shape index (κ1) is 19.5. The molecule has 0 fully saturated rings. The number of nitrogens with one attached hydrogen (secondary N) is 1. The molecule has 4 aromatic rings. The van der Waals surface area contributed by atoms with Crippen molar-refractivity contribution in [2.24, 2.45) is 0 Å². The molecule has 0 aliphatic heterocycles. The Labute approximate surface area is 174 Å². The minimum absolute atomic E-state index is 0.0402. The van der Waals surface area contributed by atoms with Gasteiger partial charge < -0.3 is 0 Å². The van der Waals surface area contributed by atoms with Gasteiger partial charge in [-0.05, 0) is 51.0 Å². The lowest BCUT2D eigenvalue weighted by Gasteiger charge is -2.13. The van der Waals surface area contributed by atoms with Crippen LogP contribution < -0.4 is 5.56 Å². The van der Waals surface area contributed by atoms with Crippen LogP contribution in [0.4, 0.5) is 0 Å². The van der Waals surface area contributed by atoms with Crippen molar-refractivity contribution in [3.63, 3.8) is 0 Å². The summed E-state index contributed by atoms with van der Waals surface area (Å²) >= 11 is 6.04. The number of hydrogen-bond acceptors (Lipinski definition) is 3. The Hall–Kier alpha value is -2.86. The molecule has 1 aromatic carbocycles. The highest BCUT2D eigenvalue weighted by molar-refractivity contribution is 6.30. The molecule has 0 aliphatic rings. The zero-order chi connectivity index (χ0) is 20.9. The predicted octanol–water partition coefficient (Wildman–Crippen LogP) is 4.58. The van der Waals surface area contributed by atoms with E-state index in [-0.39, 0.29) is 11.5 Å². The lowest BCUT2D eigenvalue weighted by molar-refractivity contribution is 0.520. The smallest absolute Gasteiger partial charge is 0.272 e. The SMILES string of the molecule is Cc1nn(CC(C)c2cc(=O)n3[nH]c(C)c(-c4ccc(Cl)cc4)c3n2)c(C)c1C. The van der Waals surface area contributed by atoms with Crippen molar-refractivity contribution >= 4 is 17.2 Å². The number of fused-ring (bicyclic) bond motifs is 1. The van der Waals surface area contributed by atoms with Gasteiger partial charge in [0.25, 0.3) is 5.56 Å². The molecule has 29 heavy (non-hydrogen) atoms. The summed E-state index contributed by atoms with van der Waals surface area (Å²) in [6.07, 6.45) is 0. The number of halogens is 1. The normalized spacial score (nSPS) is 12.6. The molecule has 0 spiro atoms. The number of nitrogens with zero attached hydrogens (tertiary/aromatic N) is 4. The first-order chi connectivity index (χ1) is 13.8. The summed E-state index contributed by atoms with van der Waals surface area (Å²) in [5.74, 6) is 0.0402. The number of benzene rings is 1. The first-order valence-electron chi connectivity index (χ1n) is 9.65. The van der Waals surface area contributed by atoms with Crippen molar-refractivity contribution in [2.45, 2.75) is 47.1 Å². The van der Waals surface area contributed by atoms with Crippen LogP contribution in [0.15, 0.2) is 35.1 Å². The molecule has 0 radical (unpaired) electrons. The maximum absolute atomic E-state index is 12.8. The van der Waals surface area contributed by atoms with Crippen LogP contribution in [0.25, 0.3) is 16.8 Å². The number of aromatic amines is 1. The predicted molar refractivity (Wildman–Crippen MR) is 116 cm³/mol. The Bertz CT molecular complexity index is 1260. The second kappa shape index (κ2) is 7.19. The number of hydrogen-bond donors (Lipinski definition) is 1. The molecule has 7 heteroatoms. The molecule has 0 aliphatic carbocycles. The van der Waals surface area contributed by atoms with Crippen LogP contribution in [0.5, 0.6) is 0 Å². The van der Waals surface area contributed by atoms with E-state index in [0.29, 0.717) is 17.2 Å². The Kier molecular flexibility index (Phi) is 4.82. The number of H-pyrrole nitrogens is 1. The summed E-state index contributed by atoms with van der Waals surface area (Å²) in [6.45, 7) is 10.9. The summed E-state index contributed by atoms with van der Waals surface area (Å²) in [4.78, 5) is 17.6. The fourth-order valence-electron chi connectivity index (χ4n) is 3.70. The topological polar surface area (TPSA) is 68.0 Å². The number of aromatic nitrogens is 5. The zero-order valence-electron chi connectivity index (χ0n) is 17.2. The maximum atomic E-state index is 12.8. The van der Waals surface area contributed by atoms with E-state index in [1.165, 1.54) is 10.1 Å². The van der Waals surface area contributed by atoms with E-state index in [4.69, 9.17) is 16.6 Å². The summed E-state index contributed by atoms with van der Waals surface area (Å²) in [5.41, 5.74) is 7.41. The van der Waals surface area contributed by atoms with Crippen molar-refractivity contribution in [3.05, 3.63) is 74.0 Å². The molecule has 1 atom stereocenters. The van der Waals surface area contributed by atoms with E-state index in [9.17, 15) is 4.79 Å². The highest BCUT2D eigenvalue weighted by Crippen LogP contribution is 2.28.